The highest BCUT2D eigenvalue weighted by atomic mass is 16.5. The fourth-order valence-corrected chi connectivity index (χ4v) is 1.42. The van der Waals surface area contributed by atoms with E-state index in [9.17, 15) is 0 Å². The minimum Gasteiger partial charge on any atom is -0.396 e. The van der Waals surface area contributed by atoms with Crippen molar-refractivity contribution in [1.29, 1.82) is 0 Å². The molecule has 0 amide bonds. The van der Waals surface area contributed by atoms with Crippen LogP contribution in [0.15, 0.2) is 0 Å². The van der Waals surface area contributed by atoms with Gasteiger partial charge < -0.3 is 9.84 Å². The fourth-order valence-electron chi connectivity index (χ4n) is 1.42. The van der Waals surface area contributed by atoms with E-state index in [-0.39, 0.29) is 7.43 Å². The Kier molecular flexibility index (Phi) is 5.51. The van der Waals surface area contributed by atoms with Crippen molar-refractivity contribution in [3.8, 4) is 0 Å². The van der Waals surface area contributed by atoms with Crippen molar-refractivity contribution < 1.29 is 9.84 Å². The number of ether oxygens (including phenoxy) is 1. The highest BCUT2D eigenvalue weighted by molar-refractivity contribution is 4.69. The molecule has 1 rings (SSSR count). The predicted molar refractivity (Wildman–Crippen MR) is 46.6 cm³/mol. The number of hydrogen-bond donors (Lipinski definition) is 1. The third-order valence-electron chi connectivity index (χ3n) is 2.00. The minimum atomic E-state index is 0. The predicted octanol–water partition coefficient (Wildman–Crippen LogP) is 1.96. The molecule has 0 bridgehead atoms. The standard InChI is InChI=1S/C8H16O2.CH4/c1-7-4-5-8(10-7)3-2-6-9;/h7-9H,2-6H2,1H3;1H4. The van der Waals surface area contributed by atoms with Crippen molar-refractivity contribution in [1.82, 2.24) is 0 Å². The van der Waals surface area contributed by atoms with Gasteiger partial charge in [0.05, 0.1) is 12.2 Å². The molecule has 1 aliphatic heterocycles. The van der Waals surface area contributed by atoms with Gasteiger partial charge in [0.1, 0.15) is 0 Å². The van der Waals surface area contributed by atoms with Gasteiger partial charge in [-0.15, -0.1) is 0 Å². The van der Waals surface area contributed by atoms with Crippen LogP contribution in [-0.2, 0) is 4.74 Å². The van der Waals surface area contributed by atoms with Gasteiger partial charge in [-0.3, -0.25) is 0 Å². The van der Waals surface area contributed by atoms with Gasteiger partial charge >= 0.3 is 0 Å². The first-order valence-corrected chi connectivity index (χ1v) is 4.09. The summed E-state index contributed by atoms with van der Waals surface area (Å²) in [6, 6.07) is 0. The van der Waals surface area contributed by atoms with Crippen molar-refractivity contribution in [2.75, 3.05) is 6.61 Å². The van der Waals surface area contributed by atoms with Crippen LogP contribution in [-0.4, -0.2) is 23.9 Å². The maximum Gasteiger partial charge on any atom is 0.0580 e. The molecule has 68 valence electrons. The highest BCUT2D eigenvalue weighted by Gasteiger charge is 2.20. The van der Waals surface area contributed by atoms with Crippen LogP contribution in [0.1, 0.15) is 40.0 Å². The van der Waals surface area contributed by atoms with E-state index in [1.165, 1.54) is 12.8 Å². The molecule has 0 aromatic rings. The van der Waals surface area contributed by atoms with Crippen LogP contribution in [0.3, 0.4) is 0 Å². The zero-order valence-electron chi connectivity index (χ0n) is 6.55. The summed E-state index contributed by atoms with van der Waals surface area (Å²) < 4.78 is 5.55. The average molecular weight is 160 g/mol. The molecule has 1 N–H and O–H groups in total. The third-order valence-corrected chi connectivity index (χ3v) is 2.00. The van der Waals surface area contributed by atoms with Crippen LogP contribution in [0, 0.1) is 0 Å². The van der Waals surface area contributed by atoms with Gasteiger partial charge in [0, 0.05) is 6.61 Å². The Bertz CT molecular complexity index is 93.6. The largest absolute Gasteiger partial charge is 0.396 e. The second-order valence-electron chi connectivity index (χ2n) is 3.01. The molecule has 2 atom stereocenters. The van der Waals surface area contributed by atoms with Crippen LogP contribution in [0.4, 0.5) is 0 Å². The molecule has 1 saturated heterocycles. The quantitative estimate of drug-likeness (QED) is 0.684. The molecule has 1 fully saturated rings. The van der Waals surface area contributed by atoms with Crippen molar-refractivity contribution in [2.45, 2.75) is 52.2 Å². The van der Waals surface area contributed by atoms with E-state index in [0.717, 1.165) is 12.8 Å². The van der Waals surface area contributed by atoms with Gasteiger partial charge in [-0.25, -0.2) is 0 Å². The average Bonchev–Trinajstić information content (AvgIpc) is 2.31. The second kappa shape index (κ2) is 5.56. The molecule has 0 aromatic heterocycles. The van der Waals surface area contributed by atoms with Crippen LogP contribution < -0.4 is 0 Å². The summed E-state index contributed by atoms with van der Waals surface area (Å²) in [5, 5.41) is 8.54. The van der Waals surface area contributed by atoms with Gasteiger partial charge in [-0.2, -0.15) is 0 Å². The summed E-state index contributed by atoms with van der Waals surface area (Å²) in [5.41, 5.74) is 0. The Morgan fingerprint density at radius 2 is 2.18 bits per heavy atom. The Balaban J connectivity index is 0.000001000. The van der Waals surface area contributed by atoms with E-state index in [0.29, 0.717) is 18.8 Å². The lowest BCUT2D eigenvalue weighted by atomic mass is 10.1. The van der Waals surface area contributed by atoms with E-state index in [2.05, 4.69) is 6.92 Å². The van der Waals surface area contributed by atoms with Gasteiger partial charge in [0.25, 0.3) is 0 Å². The van der Waals surface area contributed by atoms with Crippen LogP contribution in [0.25, 0.3) is 0 Å². The van der Waals surface area contributed by atoms with E-state index in [1.54, 1.807) is 0 Å². The molecule has 2 unspecified atom stereocenters. The van der Waals surface area contributed by atoms with E-state index in [4.69, 9.17) is 9.84 Å². The smallest absolute Gasteiger partial charge is 0.0580 e. The van der Waals surface area contributed by atoms with Gasteiger partial charge in [-0.1, -0.05) is 7.43 Å². The number of hydrogen-bond acceptors (Lipinski definition) is 2. The lowest BCUT2D eigenvalue weighted by Crippen LogP contribution is -2.08. The van der Waals surface area contributed by atoms with Crippen molar-refractivity contribution >= 4 is 0 Å². The molecule has 0 aromatic carbocycles. The van der Waals surface area contributed by atoms with Crippen LogP contribution >= 0.6 is 0 Å². The zero-order valence-corrected chi connectivity index (χ0v) is 6.55. The molecule has 2 heteroatoms. The summed E-state index contributed by atoms with van der Waals surface area (Å²) in [6.45, 7) is 2.41. The highest BCUT2D eigenvalue weighted by Crippen LogP contribution is 2.22. The summed E-state index contributed by atoms with van der Waals surface area (Å²) in [4.78, 5) is 0. The summed E-state index contributed by atoms with van der Waals surface area (Å²) >= 11 is 0. The van der Waals surface area contributed by atoms with Crippen LogP contribution in [0.2, 0.25) is 0 Å². The summed E-state index contributed by atoms with van der Waals surface area (Å²) in [7, 11) is 0. The monoisotopic (exact) mass is 160 g/mol. The van der Waals surface area contributed by atoms with Crippen molar-refractivity contribution in [2.24, 2.45) is 0 Å². The maximum absolute atomic E-state index is 8.54. The van der Waals surface area contributed by atoms with E-state index >= 15 is 0 Å². The Morgan fingerprint density at radius 1 is 1.45 bits per heavy atom. The molecule has 1 aliphatic rings. The Labute approximate surface area is 69.6 Å². The maximum atomic E-state index is 8.54. The summed E-state index contributed by atoms with van der Waals surface area (Å²) in [5.74, 6) is 0. The molecule has 0 saturated carbocycles. The molecular formula is C9H20O2. The van der Waals surface area contributed by atoms with Crippen molar-refractivity contribution in [3.05, 3.63) is 0 Å². The lowest BCUT2D eigenvalue weighted by molar-refractivity contribution is 0.0468. The summed E-state index contributed by atoms with van der Waals surface area (Å²) in [6.07, 6.45) is 5.17. The normalized spacial score (nSPS) is 30.0. The molecule has 0 radical (unpaired) electrons. The molecule has 2 nitrogen and oxygen atoms in total. The second-order valence-corrected chi connectivity index (χ2v) is 3.01. The molecular weight excluding hydrogens is 140 g/mol. The van der Waals surface area contributed by atoms with E-state index < -0.39 is 0 Å². The molecule has 11 heavy (non-hydrogen) atoms. The minimum absolute atomic E-state index is 0. The number of aliphatic hydroxyl groups is 1. The zero-order chi connectivity index (χ0) is 7.40. The topological polar surface area (TPSA) is 29.5 Å². The van der Waals surface area contributed by atoms with Gasteiger partial charge in [-0.05, 0) is 32.6 Å². The molecule has 1 heterocycles. The molecule has 0 aliphatic carbocycles. The SMILES string of the molecule is C.CC1CCC(CCCO)O1. The van der Waals surface area contributed by atoms with Gasteiger partial charge in [0.15, 0.2) is 0 Å². The fraction of sp³-hybridized carbons (Fsp3) is 1.00. The van der Waals surface area contributed by atoms with Crippen molar-refractivity contribution in [3.63, 3.8) is 0 Å². The number of aliphatic hydroxyl groups excluding tert-OH is 1. The van der Waals surface area contributed by atoms with Gasteiger partial charge in [0.2, 0.25) is 0 Å². The molecule has 0 spiro atoms. The first kappa shape index (κ1) is 10.9. The number of rotatable bonds is 3. The first-order chi connectivity index (χ1) is 4.83. The van der Waals surface area contributed by atoms with Crippen LogP contribution in [0.5, 0.6) is 0 Å². The first-order valence-electron chi connectivity index (χ1n) is 4.09. The van der Waals surface area contributed by atoms with E-state index in [1.807, 2.05) is 0 Å². The third kappa shape index (κ3) is 3.73. The Hall–Kier alpha value is -0.0800. The lowest BCUT2D eigenvalue weighted by Gasteiger charge is -2.08. The Morgan fingerprint density at radius 3 is 2.64 bits per heavy atom.